The molecule has 1 heterocycles. The predicted molar refractivity (Wildman–Crippen MR) is 60.6 cm³/mol. The third-order valence-corrected chi connectivity index (χ3v) is 2.54. The van der Waals surface area contributed by atoms with Gasteiger partial charge in [-0.3, -0.25) is 4.98 Å². The summed E-state index contributed by atoms with van der Waals surface area (Å²) in [4.78, 5) is 3.40. The number of aliphatic hydroxyl groups is 1. The highest BCUT2D eigenvalue weighted by atomic mass is 19.4. The smallest absolute Gasteiger partial charge is 0.392 e. The zero-order valence-corrected chi connectivity index (χ0v) is 9.28. The first kappa shape index (κ1) is 12.6. The highest BCUT2D eigenvalue weighted by Gasteiger charge is 2.32. The Morgan fingerprint density at radius 3 is 2.33 bits per heavy atom. The first-order valence-corrected chi connectivity index (χ1v) is 5.25. The maximum atomic E-state index is 12.5. The molecule has 0 saturated heterocycles. The van der Waals surface area contributed by atoms with Crippen LogP contribution >= 0.6 is 0 Å². The number of nitrogens with zero attached hydrogens (tertiary/aromatic N) is 1. The number of rotatable bonds is 2. The van der Waals surface area contributed by atoms with Gasteiger partial charge < -0.3 is 5.11 Å². The first-order valence-electron chi connectivity index (χ1n) is 5.25. The topological polar surface area (TPSA) is 33.1 Å². The van der Waals surface area contributed by atoms with E-state index in [-0.39, 0.29) is 5.56 Å². The molecule has 2 aromatic rings. The van der Waals surface area contributed by atoms with Crippen LogP contribution in [0.25, 0.3) is 11.1 Å². The molecule has 0 aliphatic carbocycles. The summed E-state index contributed by atoms with van der Waals surface area (Å²) in [5, 5.41) is 9.17. The number of alkyl halides is 3. The lowest BCUT2D eigenvalue weighted by molar-refractivity contribution is -0.141. The molecular formula is C13H10F3NO. The Kier molecular flexibility index (Phi) is 3.34. The van der Waals surface area contributed by atoms with Crippen molar-refractivity contribution >= 4 is 0 Å². The van der Waals surface area contributed by atoms with Gasteiger partial charge in [-0.15, -0.1) is 0 Å². The molecule has 18 heavy (non-hydrogen) atoms. The van der Waals surface area contributed by atoms with E-state index in [0.29, 0.717) is 5.56 Å². The van der Waals surface area contributed by atoms with Crippen molar-refractivity contribution in [1.82, 2.24) is 4.98 Å². The molecule has 0 saturated carbocycles. The lowest BCUT2D eigenvalue weighted by atomic mass is 10.0. The Hall–Kier alpha value is -1.88. The fourth-order valence-electron chi connectivity index (χ4n) is 1.66. The van der Waals surface area contributed by atoms with E-state index in [2.05, 4.69) is 4.98 Å². The summed E-state index contributed by atoms with van der Waals surface area (Å²) in [7, 11) is 0. The third-order valence-electron chi connectivity index (χ3n) is 2.54. The third kappa shape index (κ3) is 2.51. The van der Waals surface area contributed by atoms with Crippen molar-refractivity contribution in [3.8, 4) is 11.1 Å². The Bertz CT molecular complexity index is 538. The molecule has 0 unspecified atom stereocenters. The van der Waals surface area contributed by atoms with Gasteiger partial charge >= 0.3 is 6.18 Å². The van der Waals surface area contributed by atoms with Crippen LogP contribution in [0.2, 0.25) is 0 Å². The van der Waals surface area contributed by atoms with Gasteiger partial charge in [-0.25, -0.2) is 0 Å². The van der Waals surface area contributed by atoms with Gasteiger partial charge in [0, 0.05) is 11.8 Å². The summed E-state index contributed by atoms with van der Waals surface area (Å²) in [6.07, 6.45) is -3.36. The Morgan fingerprint density at radius 2 is 1.78 bits per heavy atom. The van der Waals surface area contributed by atoms with Crippen LogP contribution in [0.15, 0.2) is 42.6 Å². The molecule has 0 aliphatic rings. The van der Waals surface area contributed by atoms with Crippen LogP contribution in [0.4, 0.5) is 13.2 Å². The largest absolute Gasteiger partial charge is 0.433 e. The van der Waals surface area contributed by atoms with E-state index < -0.39 is 18.5 Å². The van der Waals surface area contributed by atoms with E-state index >= 15 is 0 Å². The lowest BCUT2D eigenvalue weighted by Gasteiger charge is -2.11. The van der Waals surface area contributed by atoms with Gasteiger partial charge in [0.1, 0.15) is 5.69 Å². The fraction of sp³-hybridized carbons (Fsp3) is 0.154. The zero-order valence-electron chi connectivity index (χ0n) is 9.28. The molecule has 5 heteroatoms. The van der Waals surface area contributed by atoms with Crippen molar-refractivity contribution in [1.29, 1.82) is 0 Å². The summed E-state index contributed by atoms with van der Waals surface area (Å²) < 4.78 is 37.5. The molecule has 1 N–H and O–H groups in total. The van der Waals surface area contributed by atoms with Crippen LogP contribution in [-0.4, -0.2) is 10.1 Å². The van der Waals surface area contributed by atoms with E-state index in [1.54, 1.807) is 30.3 Å². The van der Waals surface area contributed by atoms with E-state index in [1.807, 2.05) is 0 Å². The number of benzene rings is 1. The molecule has 2 nitrogen and oxygen atoms in total. The van der Waals surface area contributed by atoms with E-state index in [0.717, 1.165) is 17.8 Å². The average molecular weight is 253 g/mol. The van der Waals surface area contributed by atoms with Gasteiger partial charge in [0.25, 0.3) is 0 Å². The Balaban J connectivity index is 2.51. The van der Waals surface area contributed by atoms with Gasteiger partial charge in [-0.1, -0.05) is 30.3 Å². The van der Waals surface area contributed by atoms with Gasteiger partial charge in [0.05, 0.1) is 6.61 Å². The highest BCUT2D eigenvalue weighted by Crippen LogP contribution is 2.31. The normalized spacial score (nSPS) is 11.6. The predicted octanol–water partition coefficient (Wildman–Crippen LogP) is 3.26. The molecule has 0 radical (unpaired) electrons. The maximum Gasteiger partial charge on any atom is 0.433 e. The first-order chi connectivity index (χ1) is 8.52. The average Bonchev–Trinajstić information content (AvgIpc) is 2.38. The molecule has 0 atom stereocenters. The monoisotopic (exact) mass is 253 g/mol. The minimum Gasteiger partial charge on any atom is -0.392 e. The number of hydrogen-bond acceptors (Lipinski definition) is 2. The van der Waals surface area contributed by atoms with Crippen LogP contribution < -0.4 is 0 Å². The molecule has 0 amide bonds. The summed E-state index contributed by atoms with van der Waals surface area (Å²) in [6, 6.07) is 9.73. The van der Waals surface area contributed by atoms with Gasteiger partial charge in [-0.05, 0) is 17.2 Å². The lowest BCUT2D eigenvalue weighted by Crippen LogP contribution is -2.09. The molecular weight excluding hydrogens is 243 g/mol. The van der Waals surface area contributed by atoms with E-state index in [1.165, 1.54) is 0 Å². The van der Waals surface area contributed by atoms with Crippen LogP contribution in [0.5, 0.6) is 0 Å². The number of hydrogen-bond donors (Lipinski definition) is 1. The van der Waals surface area contributed by atoms with Gasteiger partial charge in [-0.2, -0.15) is 13.2 Å². The van der Waals surface area contributed by atoms with Crippen molar-refractivity contribution in [3.05, 3.63) is 53.9 Å². The minimum absolute atomic E-state index is 0.212. The van der Waals surface area contributed by atoms with Crippen molar-refractivity contribution < 1.29 is 18.3 Å². The second-order valence-corrected chi connectivity index (χ2v) is 3.75. The number of halogens is 3. The SMILES string of the molecule is OCc1cc(C(F)(F)F)ncc1-c1ccccc1. The molecule has 1 aromatic heterocycles. The Morgan fingerprint density at radius 1 is 1.11 bits per heavy atom. The highest BCUT2D eigenvalue weighted by molar-refractivity contribution is 5.66. The van der Waals surface area contributed by atoms with E-state index in [9.17, 15) is 18.3 Å². The van der Waals surface area contributed by atoms with Crippen molar-refractivity contribution in [2.45, 2.75) is 12.8 Å². The second kappa shape index (κ2) is 4.78. The van der Waals surface area contributed by atoms with Crippen LogP contribution in [0.1, 0.15) is 11.3 Å². The Labute approximate surface area is 102 Å². The molecule has 0 aliphatic heterocycles. The summed E-state index contributed by atoms with van der Waals surface area (Å²) in [5.74, 6) is 0. The summed E-state index contributed by atoms with van der Waals surface area (Å²) in [5.41, 5.74) is 0.448. The number of aromatic nitrogens is 1. The standard InChI is InChI=1S/C13H10F3NO/c14-13(15,16)12-6-10(8-18)11(7-17-12)9-4-2-1-3-5-9/h1-7,18H,8H2. The number of aliphatic hydroxyl groups excluding tert-OH is 1. The van der Waals surface area contributed by atoms with E-state index in [4.69, 9.17) is 0 Å². The van der Waals surface area contributed by atoms with Crippen LogP contribution in [0, 0.1) is 0 Å². The molecule has 2 rings (SSSR count). The quantitative estimate of drug-likeness (QED) is 0.891. The van der Waals surface area contributed by atoms with Crippen molar-refractivity contribution in [2.24, 2.45) is 0 Å². The molecule has 1 aromatic carbocycles. The van der Waals surface area contributed by atoms with Gasteiger partial charge in [0.15, 0.2) is 0 Å². The summed E-state index contributed by atoms with van der Waals surface area (Å²) in [6.45, 7) is -0.462. The molecule has 0 bridgehead atoms. The van der Waals surface area contributed by atoms with Crippen LogP contribution in [-0.2, 0) is 12.8 Å². The fourth-order valence-corrected chi connectivity index (χ4v) is 1.66. The molecule has 0 spiro atoms. The van der Waals surface area contributed by atoms with Crippen LogP contribution in [0.3, 0.4) is 0 Å². The van der Waals surface area contributed by atoms with Crippen molar-refractivity contribution in [3.63, 3.8) is 0 Å². The molecule has 0 fully saturated rings. The minimum atomic E-state index is -4.50. The maximum absolute atomic E-state index is 12.5. The second-order valence-electron chi connectivity index (χ2n) is 3.75. The zero-order chi connectivity index (χ0) is 13.2. The molecule has 94 valence electrons. The summed E-state index contributed by atoms with van der Waals surface area (Å²) >= 11 is 0. The van der Waals surface area contributed by atoms with Gasteiger partial charge in [0.2, 0.25) is 0 Å². The van der Waals surface area contributed by atoms with Crippen molar-refractivity contribution in [2.75, 3.05) is 0 Å². The number of pyridine rings is 1.